The molecule has 0 aliphatic heterocycles. The van der Waals surface area contributed by atoms with Crippen LogP contribution >= 0.6 is 0 Å². The zero-order chi connectivity index (χ0) is 14.3. The second-order valence-corrected chi connectivity index (χ2v) is 5.03. The van der Waals surface area contributed by atoms with E-state index in [1.165, 1.54) is 0 Å². The summed E-state index contributed by atoms with van der Waals surface area (Å²) in [6.45, 7) is 11.0. The fourth-order valence-corrected chi connectivity index (χ4v) is 1.85. The Kier molecular flexibility index (Phi) is 7.64. The minimum absolute atomic E-state index is 0.0255. The number of hydrogen-bond donors (Lipinski definition) is 0. The van der Waals surface area contributed by atoms with Crippen molar-refractivity contribution in [2.45, 2.75) is 66.6 Å². The van der Waals surface area contributed by atoms with Crippen molar-refractivity contribution in [2.24, 2.45) is 11.8 Å². The van der Waals surface area contributed by atoms with Crippen molar-refractivity contribution in [1.82, 2.24) is 0 Å². The molecule has 4 nitrogen and oxygen atoms in total. The SMILES string of the molecule is CCC(CC)C(C(=O)OC(C)C)C(=O)OC(C)C. The molecule has 0 aliphatic carbocycles. The lowest BCUT2D eigenvalue weighted by Gasteiger charge is -2.24. The summed E-state index contributed by atoms with van der Waals surface area (Å²) in [7, 11) is 0. The first-order chi connectivity index (χ1) is 8.33. The summed E-state index contributed by atoms with van der Waals surface area (Å²) >= 11 is 0. The number of rotatable bonds is 7. The molecule has 0 radical (unpaired) electrons. The highest BCUT2D eigenvalue weighted by molar-refractivity contribution is 5.95. The summed E-state index contributed by atoms with van der Waals surface area (Å²) in [4.78, 5) is 24.0. The largest absolute Gasteiger partial charge is 0.462 e. The van der Waals surface area contributed by atoms with Gasteiger partial charge in [0.15, 0.2) is 5.92 Å². The van der Waals surface area contributed by atoms with E-state index in [4.69, 9.17) is 9.47 Å². The second-order valence-electron chi connectivity index (χ2n) is 5.03. The van der Waals surface area contributed by atoms with Gasteiger partial charge in [-0.1, -0.05) is 26.7 Å². The summed E-state index contributed by atoms with van der Waals surface area (Å²) in [5.74, 6) is -1.76. The Morgan fingerprint density at radius 1 is 0.833 bits per heavy atom. The summed E-state index contributed by atoms with van der Waals surface area (Å²) in [5.41, 5.74) is 0. The topological polar surface area (TPSA) is 52.6 Å². The lowest BCUT2D eigenvalue weighted by atomic mass is 9.88. The van der Waals surface area contributed by atoms with E-state index >= 15 is 0 Å². The molecule has 0 atom stereocenters. The van der Waals surface area contributed by atoms with Crippen molar-refractivity contribution < 1.29 is 19.1 Å². The predicted octanol–water partition coefficient (Wildman–Crippen LogP) is 2.94. The number of carbonyl (C=O) groups excluding carboxylic acids is 2. The van der Waals surface area contributed by atoms with Gasteiger partial charge >= 0.3 is 11.9 Å². The van der Waals surface area contributed by atoms with E-state index < -0.39 is 17.9 Å². The van der Waals surface area contributed by atoms with Crippen LogP contribution < -0.4 is 0 Å². The molecule has 0 aromatic rings. The average Bonchev–Trinajstić information content (AvgIpc) is 2.22. The molecule has 0 unspecified atom stereocenters. The van der Waals surface area contributed by atoms with Crippen LogP contribution in [0.4, 0.5) is 0 Å². The van der Waals surface area contributed by atoms with Crippen molar-refractivity contribution in [3.05, 3.63) is 0 Å². The van der Waals surface area contributed by atoms with Crippen LogP contribution in [-0.4, -0.2) is 24.1 Å². The first-order valence-corrected chi connectivity index (χ1v) is 6.74. The Bertz CT molecular complexity index is 245. The zero-order valence-corrected chi connectivity index (χ0v) is 12.4. The van der Waals surface area contributed by atoms with Crippen LogP contribution in [0.15, 0.2) is 0 Å². The van der Waals surface area contributed by atoms with E-state index in [2.05, 4.69) is 0 Å². The van der Waals surface area contributed by atoms with Gasteiger partial charge in [0.2, 0.25) is 0 Å². The molecular formula is C14H26O4. The Morgan fingerprint density at radius 3 is 1.39 bits per heavy atom. The molecule has 4 heteroatoms. The van der Waals surface area contributed by atoms with Gasteiger partial charge in [0.1, 0.15) is 0 Å². The number of ether oxygens (including phenoxy) is 2. The molecule has 0 bridgehead atoms. The van der Waals surface area contributed by atoms with Crippen LogP contribution in [0.5, 0.6) is 0 Å². The number of hydrogen-bond acceptors (Lipinski definition) is 4. The van der Waals surface area contributed by atoms with E-state index in [-0.39, 0.29) is 18.1 Å². The summed E-state index contributed by atoms with van der Waals surface area (Å²) < 4.78 is 10.3. The van der Waals surface area contributed by atoms with Crippen LogP contribution in [0.3, 0.4) is 0 Å². The van der Waals surface area contributed by atoms with E-state index in [9.17, 15) is 9.59 Å². The van der Waals surface area contributed by atoms with Gasteiger partial charge in [0, 0.05) is 0 Å². The van der Waals surface area contributed by atoms with Crippen LogP contribution in [0.1, 0.15) is 54.4 Å². The highest BCUT2D eigenvalue weighted by Gasteiger charge is 2.36. The molecule has 0 saturated heterocycles. The summed E-state index contributed by atoms with van der Waals surface area (Å²) in [6, 6.07) is 0. The van der Waals surface area contributed by atoms with E-state index in [0.717, 1.165) is 12.8 Å². The van der Waals surface area contributed by atoms with Crippen molar-refractivity contribution >= 4 is 11.9 Å². The molecule has 0 aliphatic rings. The summed E-state index contributed by atoms with van der Waals surface area (Å²) in [5, 5.41) is 0. The standard InChI is InChI=1S/C14H26O4/c1-7-11(8-2)12(13(15)17-9(3)4)14(16)18-10(5)6/h9-12H,7-8H2,1-6H3. The van der Waals surface area contributed by atoms with Gasteiger partial charge in [-0.2, -0.15) is 0 Å². The molecule has 0 saturated carbocycles. The molecule has 18 heavy (non-hydrogen) atoms. The maximum Gasteiger partial charge on any atom is 0.320 e. The highest BCUT2D eigenvalue weighted by Crippen LogP contribution is 2.23. The van der Waals surface area contributed by atoms with Gasteiger partial charge in [-0.3, -0.25) is 9.59 Å². The van der Waals surface area contributed by atoms with Gasteiger partial charge in [-0.15, -0.1) is 0 Å². The third kappa shape index (κ3) is 5.52. The monoisotopic (exact) mass is 258 g/mol. The number of esters is 2. The molecule has 0 amide bonds. The highest BCUT2D eigenvalue weighted by atomic mass is 16.6. The van der Waals surface area contributed by atoms with Gasteiger partial charge in [0.05, 0.1) is 12.2 Å². The van der Waals surface area contributed by atoms with Gasteiger partial charge < -0.3 is 9.47 Å². The molecule has 0 spiro atoms. The van der Waals surface area contributed by atoms with Crippen molar-refractivity contribution in [1.29, 1.82) is 0 Å². The third-order valence-electron chi connectivity index (χ3n) is 2.73. The zero-order valence-electron chi connectivity index (χ0n) is 12.4. The average molecular weight is 258 g/mol. The van der Waals surface area contributed by atoms with Crippen LogP contribution in [-0.2, 0) is 19.1 Å². The van der Waals surface area contributed by atoms with Gasteiger partial charge in [0.25, 0.3) is 0 Å². The Labute approximate surface area is 110 Å². The lowest BCUT2D eigenvalue weighted by Crippen LogP contribution is -2.36. The van der Waals surface area contributed by atoms with E-state index in [0.29, 0.717) is 0 Å². The first kappa shape index (κ1) is 16.9. The molecule has 106 valence electrons. The quantitative estimate of drug-likeness (QED) is 0.520. The third-order valence-corrected chi connectivity index (χ3v) is 2.73. The molecule has 0 aromatic heterocycles. The molecule has 0 heterocycles. The van der Waals surface area contributed by atoms with Gasteiger partial charge in [-0.05, 0) is 33.6 Å². The Hall–Kier alpha value is -1.06. The Morgan fingerprint density at radius 2 is 1.17 bits per heavy atom. The predicted molar refractivity (Wildman–Crippen MR) is 70.0 cm³/mol. The minimum atomic E-state index is -0.801. The number of carbonyl (C=O) groups is 2. The van der Waals surface area contributed by atoms with Crippen molar-refractivity contribution in [3.8, 4) is 0 Å². The van der Waals surface area contributed by atoms with Gasteiger partial charge in [-0.25, -0.2) is 0 Å². The van der Waals surface area contributed by atoms with E-state index in [1.54, 1.807) is 27.7 Å². The van der Waals surface area contributed by atoms with Crippen LogP contribution in [0, 0.1) is 11.8 Å². The maximum absolute atomic E-state index is 12.0. The molecule has 0 fully saturated rings. The first-order valence-electron chi connectivity index (χ1n) is 6.74. The van der Waals surface area contributed by atoms with E-state index in [1.807, 2.05) is 13.8 Å². The van der Waals surface area contributed by atoms with Crippen LogP contribution in [0.25, 0.3) is 0 Å². The molecule has 0 rings (SSSR count). The van der Waals surface area contributed by atoms with Crippen LogP contribution in [0.2, 0.25) is 0 Å². The molecule has 0 aromatic carbocycles. The lowest BCUT2D eigenvalue weighted by molar-refractivity contribution is -0.169. The smallest absolute Gasteiger partial charge is 0.320 e. The van der Waals surface area contributed by atoms with Crippen molar-refractivity contribution in [2.75, 3.05) is 0 Å². The second kappa shape index (κ2) is 8.11. The van der Waals surface area contributed by atoms with Crippen molar-refractivity contribution in [3.63, 3.8) is 0 Å². The fraction of sp³-hybridized carbons (Fsp3) is 0.857. The fourth-order valence-electron chi connectivity index (χ4n) is 1.85. The normalized spacial score (nSPS) is 11.4. The molecule has 0 N–H and O–H groups in total. The maximum atomic E-state index is 12.0. The Balaban J connectivity index is 4.91. The summed E-state index contributed by atoms with van der Waals surface area (Å²) in [6.07, 6.45) is 1.06. The minimum Gasteiger partial charge on any atom is -0.462 e. The molecular weight excluding hydrogens is 232 g/mol.